The number of ether oxygens (including phenoxy) is 2. The predicted molar refractivity (Wildman–Crippen MR) is 144 cm³/mol. The van der Waals surface area contributed by atoms with Crippen molar-refractivity contribution in [1.82, 2.24) is 9.97 Å². The molecule has 3 rings (SSSR count). The molecule has 0 aliphatic carbocycles. The number of carbonyl (C=O) groups is 1. The lowest BCUT2D eigenvalue weighted by atomic mass is 9.82. The summed E-state index contributed by atoms with van der Waals surface area (Å²) in [4.78, 5) is 24.2. The van der Waals surface area contributed by atoms with Gasteiger partial charge < -0.3 is 14.4 Å². The second kappa shape index (κ2) is 12.1. The average molecular weight is 502 g/mol. The molecular formula is C29H44FN3O3. The summed E-state index contributed by atoms with van der Waals surface area (Å²) in [5.74, 6) is -0.984. The van der Waals surface area contributed by atoms with E-state index in [4.69, 9.17) is 9.47 Å². The van der Waals surface area contributed by atoms with Crippen LogP contribution in [0, 0.1) is 18.3 Å². The van der Waals surface area contributed by atoms with Crippen molar-refractivity contribution in [2.45, 2.75) is 99.9 Å². The number of carbonyl (C=O) groups excluding carboxylic acids is 1. The highest BCUT2D eigenvalue weighted by atomic mass is 19.1. The quantitative estimate of drug-likeness (QED) is 0.312. The van der Waals surface area contributed by atoms with Crippen LogP contribution in [-0.2, 0) is 14.3 Å². The molecule has 0 unspecified atom stereocenters. The monoisotopic (exact) mass is 501 g/mol. The van der Waals surface area contributed by atoms with E-state index in [1.807, 2.05) is 55.4 Å². The molecule has 0 aromatic carbocycles. The minimum Gasteiger partial charge on any atom is -0.461 e. The van der Waals surface area contributed by atoms with Crippen LogP contribution in [0.25, 0.3) is 11.1 Å². The summed E-state index contributed by atoms with van der Waals surface area (Å²) in [5, 5.41) is 0. The third-order valence-corrected chi connectivity index (χ3v) is 6.06. The number of halogens is 1. The van der Waals surface area contributed by atoms with Crippen LogP contribution >= 0.6 is 0 Å². The van der Waals surface area contributed by atoms with E-state index in [9.17, 15) is 9.18 Å². The van der Waals surface area contributed by atoms with Crippen LogP contribution in [-0.4, -0.2) is 40.7 Å². The normalized spacial score (nSPS) is 16.3. The van der Waals surface area contributed by atoms with Crippen molar-refractivity contribution in [2.24, 2.45) is 5.41 Å². The topological polar surface area (TPSA) is 64.5 Å². The van der Waals surface area contributed by atoms with E-state index < -0.39 is 23.6 Å². The highest BCUT2D eigenvalue weighted by Gasteiger charge is 2.37. The van der Waals surface area contributed by atoms with Gasteiger partial charge in [0.05, 0.1) is 17.4 Å². The Hall–Kier alpha value is -2.54. The van der Waals surface area contributed by atoms with E-state index >= 15 is 0 Å². The SMILES string of the molecule is CC.Cc1ncc(-c2ccc(F)nc2)c(N2CCC(C)(C)CC2)c1[C@H](OC(C)(C)C)C(=O)OC(C)C. The fourth-order valence-electron chi connectivity index (χ4n) is 4.22. The molecule has 1 saturated heterocycles. The average Bonchev–Trinajstić information content (AvgIpc) is 2.78. The maximum atomic E-state index is 13.6. The van der Waals surface area contributed by atoms with Crippen LogP contribution in [0.5, 0.6) is 0 Å². The molecule has 1 atom stereocenters. The number of hydrogen-bond acceptors (Lipinski definition) is 6. The van der Waals surface area contributed by atoms with E-state index in [1.54, 1.807) is 12.3 Å². The van der Waals surface area contributed by atoms with Crippen LogP contribution in [0.1, 0.15) is 92.5 Å². The van der Waals surface area contributed by atoms with Crippen LogP contribution in [0.15, 0.2) is 24.5 Å². The van der Waals surface area contributed by atoms with Gasteiger partial charge in [0, 0.05) is 47.9 Å². The third-order valence-electron chi connectivity index (χ3n) is 6.06. The Morgan fingerprint density at radius 3 is 2.19 bits per heavy atom. The summed E-state index contributed by atoms with van der Waals surface area (Å²) in [7, 11) is 0. The largest absolute Gasteiger partial charge is 0.461 e. The van der Waals surface area contributed by atoms with E-state index in [2.05, 4.69) is 28.7 Å². The fourth-order valence-corrected chi connectivity index (χ4v) is 4.22. The highest BCUT2D eigenvalue weighted by Crippen LogP contribution is 2.43. The lowest BCUT2D eigenvalue weighted by Gasteiger charge is -2.41. The lowest BCUT2D eigenvalue weighted by Crippen LogP contribution is -2.39. The second-order valence-electron chi connectivity index (χ2n) is 11.1. The number of esters is 1. The smallest absolute Gasteiger partial charge is 0.340 e. The van der Waals surface area contributed by atoms with Crippen LogP contribution < -0.4 is 4.90 Å². The van der Waals surface area contributed by atoms with Gasteiger partial charge in [-0.15, -0.1) is 0 Å². The van der Waals surface area contributed by atoms with Gasteiger partial charge in [0.2, 0.25) is 5.95 Å². The first kappa shape index (κ1) is 29.7. The second-order valence-corrected chi connectivity index (χ2v) is 11.1. The number of nitrogens with zero attached hydrogens (tertiary/aromatic N) is 3. The number of pyridine rings is 2. The van der Waals surface area contributed by atoms with Crippen LogP contribution in [0.4, 0.5) is 10.1 Å². The Morgan fingerprint density at radius 2 is 1.69 bits per heavy atom. The van der Waals surface area contributed by atoms with Gasteiger partial charge >= 0.3 is 5.97 Å². The summed E-state index contributed by atoms with van der Waals surface area (Å²) in [6, 6.07) is 3.04. The zero-order valence-corrected chi connectivity index (χ0v) is 23.7. The standard InChI is InChI=1S/C27H38FN3O3.C2H6/c1-17(2)33-25(32)24(34-26(4,5)6)22-18(3)29-16-20(19-9-10-21(28)30-15-19)23(22)31-13-11-27(7,8)12-14-31;1-2/h9-10,15-17,24H,11-14H2,1-8H3;1-2H3/t24-;/m0./s1. The van der Waals surface area contributed by atoms with E-state index in [0.29, 0.717) is 11.3 Å². The summed E-state index contributed by atoms with van der Waals surface area (Å²) in [6.45, 7) is 21.5. The van der Waals surface area contributed by atoms with Crippen molar-refractivity contribution in [3.63, 3.8) is 0 Å². The molecule has 0 radical (unpaired) electrons. The van der Waals surface area contributed by atoms with Gasteiger partial charge in [-0.05, 0) is 71.9 Å². The summed E-state index contributed by atoms with van der Waals surface area (Å²) < 4.78 is 25.6. The molecule has 0 saturated carbocycles. The number of aryl methyl sites for hydroxylation is 1. The number of aromatic nitrogens is 2. The highest BCUT2D eigenvalue weighted by molar-refractivity contribution is 5.87. The number of piperidine rings is 1. The van der Waals surface area contributed by atoms with Gasteiger partial charge in [-0.2, -0.15) is 4.39 Å². The summed E-state index contributed by atoms with van der Waals surface area (Å²) in [6.07, 6.45) is 4.08. The molecule has 0 bridgehead atoms. The van der Waals surface area contributed by atoms with Gasteiger partial charge in [-0.1, -0.05) is 27.7 Å². The van der Waals surface area contributed by atoms with Gasteiger partial charge in [-0.25, -0.2) is 9.78 Å². The van der Waals surface area contributed by atoms with Crippen LogP contribution in [0.3, 0.4) is 0 Å². The first-order valence-corrected chi connectivity index (χ1v) is 13.0. The minimum absolute atomic E-state index is 0.244. The van der Waals surface area contributed by atoms with E-state index in [0.717, 1.165) is 42.7 Å². The Labute approximate surface area is 216 Å². The molecule has 200 valence electrons. The fraction of sp³-hybridized carbons (Fsp3) is 0.621. The van der Waals surface area contributed by atoms with Gasteiger partial charge in [0.1, 0.15) is 0 Å². The van der Waals surface area contributed by atoms with Crippen molar-refractivity contribution >= 4 is 11.7 Å². The summed E-state index contributed by atoms with van der Waals surface area (Å²) in [5.41, 5.74) is 3.46. The molecule has 3 heterocycles. The molecule has 0 spiro atoms. The van der Waals surface area contributed by atoms with Gasteiger partial charge in [0.25, 0.3) is 0 Å². The Bertz CT molecular complexity index is 1000. The van der Waals surface area contributed by atoms with E-state index in [-0.39, 0.29) is 11.5 Å². The zero-order chi connectivity index (χ0) is 27.3. The minimum atomic E-state index is -0.951. The Morgan fingerprint density at radius 1 is 1.08 bits per heavy atom. The molecule has 7 heteroatoms. The Balaban J connectivity index is 0.00000222. The van der Waals surface area contributed by atoms with Gasteiger partial charge in [-0.3, -0.25) is 4.98 Å². The molecule has 1 aliphatic rings. The van der Waals surface area contributed by atoms with E-state index in [1.165, 1.54) is 12.3 Å². The zero-order valence-electron chi connectivity index (χ0n) is 23.7. The lowest BCUT2D eigenvalue weighted by molar-refractivity contribution is -0.171. The maximum Gasteiger partial charge on any atom is 0.340 e. The molecular weight excluding hydrogens is 457 g/mol. The molecule has 0 N–H and O–H groups in total. The molecule has 1 fully saturated rings. The molecule has 1 aliphatic heterocycles. The van der Waals surface area contributed by atoms with Gasteiger partial charge in [0.15, 0.2) is 6.10 Å². The molecule has 6 nitrogen and oxygen atoms in total. The first-order chi connectivity index (χ1) is 16.8. The molecule has 36 heavy (non-hydrogen) atoms. The molecule has 0 amide bonds. The maximum absolute atomic E-state index is 13.6. The number of anilines is 1. The molecule has 2 aromatic rings. The predicted octanol–water partition coefficient (Wildman–Crippen LogP) is 7.05. The number of hydrogen-bond donors (Lipinski definition) is 0. The number of rotatable bonds is 6. The van der Waals surface area contributed by atoms with Crippen LogP contribution in [0.2, 0.25) is 0 Å². The Kier molecular flexibility index (Phi) is 10.0. The first-order valence-electron chi connectivity index (χ1n) is 13.0. The van der Waals surface area contributed by atoms with Crippen molar-refractivity contribution in [2.75, 3.05) is 18.0 Å². The van der Waals surface area contributed by atoms with Crippen molar-refractivity contribution < 1.29 is 18.7 Å². The third kappa shape index (κ3) is 7.73. The van der Waals surface area contributed by atoms with Crippen molar-refractivity contribution in [3.05, 3.63) is 41.7 Å². The molecule has 2 aromatic heterocycles. The summed E-state index contributed by atoms with van der Waals surface area (Å²) >= 11 is 0. The van der Waals surface area contributed by atoms with Crippen molar-refractivity contribution in [3.8, 4) is 11.1 Å². The van der Waals surface area contributed by atoms with Crippen molar-refractivity contribution in [1.29, 1.82) is 0 Å².